The maximum absolute atomic E-state index is 11.2. The lowest BCUT2D eigenvalue weighted by Gasteiger charge is -2.03. The van der Waals surface area contributed by atoms with Crippen LogP contribution in [-0.2, 0) is 0 Å². The highest BCUT2D eigenvalue weighted by Gasteiger charge is 2.03. The molecule has 0 saturated carbocycles. The molecule has 0 unspecified atom stereocenters. The Labute approximate surface area is 108 Å². The monoisotopic (exact) mass is 263 g/mol. The molecule has 0 aromatic carbocycles. The van der Waals surface area contributed by atoms with E-state index in [1.807, 2.05) is 19.1 Å². The molecule has 0 atom stereocenters. The van der Waals surface area contributed by atoms with Gasteiger partial charge in [0.1, 0.15) is 10.7 Å². The van der Waals surface area contributed by atoms with E-state index >= 15 is 0 Å². The van der Waals surface area contributed by atoms with Gasteiger partial charge in [0.05, 0.1) is 11.9 Å². The van der Waals surface area contributed by atoms with Crippen molar-refractivity contribution in [3.05, 3.63) is 51.7 Å². The van der Waals surface area contributed by atoms with Crippen LogP contribution in [0.2, 0.25) is 5.02 Å². The molecule has 18 heavy (non-hydrogen) atoms. The summed E-state index contributed by atoms with van der Waals surface area (Å²) in [6, 6.07) is 3.66. The molecule has 0 amide bonds. The average molecular weight is 264 g/mol. The maximum Gasteiger partial charge on any atom is 0.285 e. The lowest BCUT2D eigenvalue weighted by atomic mass is 10.2. The van der Waals surface area contributed by atoms with E-state index in [0.717, 1.165) is 11.3 Å². The van der Waals surface area contributed by atoms with Gasteiger partial charge in [-0.15, -0.1) is 0 Å². The fourth-order valence-electron chi connectivity index (χ4n) is 1.26. The van der Waals surface area contributed by atoms with Gasteiger partial charge in [-0.25, -0.2) is 5.10 Å². The Morgan fingerprint density at radius 1 is 1.44 bits per heavy atom. The summed E-state index contributed by atoms with van der Waals surface area (Å²) < 4.78 is 0. The van der Waals surface area contributed by atoms with Crippen LogP contribution in [0.25, 0.3) is 0 Å². The average Bonchev–Trinajstić information content (AvgIpc) is 2.41. The largest absolute Gasteiger partial charge is 0.285 e. The highest BCUT2D eigenvalue weighted by atomic mass is 35.5. The summed E-state index contributed by atoms with van der Waals surface area (Å²) in [7, 11) is 0. The number of halogens is 1. The smallest absolute Gasteiger partial charge is 0.275 e. The number of aromatic nitrogens is 3. The molecule has 0 fully saturated rings. The van der Waals surface area contributed by atoms with Crippen molar-refractivity contribution < 1.29 is 0 Å². The summed E-state index contributed by atoms with van der Waals surface area (Å²) >= 11 is 5.80. The number of anilines is 1. The standard InChI is InChI=1S/C11H10ClN5O/c1-7(8-2-4-13-5-3-8)15-16-9-6-14-17-11(18)10(9)12/h2-6H,1H3,(H2,16,17,18)/b15-7-. The van der Waals surface area contributed by atoms with Crippen LogP contribution in [0.1, 0.15) is 12.5 Å². The minimum absolute atomic E-state index is 0.0243. The lowest BCUT2D eigenvalue weighted by Crippen LogP contribution is -2.10. The molecule has 92 valence electrons. The Hall–Kier alpha value is -2.21. The van der Waals surface area contributed by atoms with Crippen molar-refractivity contribution in [3.63, 3.8) is 0 Å². The third-order valence-electron chi connectivity index (χ3n) is 2.24. The molecule has 6 nitrogen and oxygen atoms in total. The van der Waals surface area contributed by atoms with Gasteiger partial charge in [-0.2, -0.15) is 10.2 Å². The zero-order chi connectivity index (χ0) is 13.0. The summed E-state index contributed by atoms with van der Waals surface area (Å²) in [5.74, 6) is 0. The van der Waals surface area contributed by atoms with Gasteiger partial charge in [0.2, 0.25) is 0 Å². The highest BCUT2D eigenvalue weighted by Crippen LogP contribution is 2.14. The van der Waals surface area contributed by atoms with Crippen LogP contribution in [0.15, 0.2) is 40.6 Å². The summed E-state index contributed by atoms with van der Waals surface area (Å²) in [6.45, 7) is 1.83. The van der Waals surface area contributed by atoms with Gasteiger partial charge in [-0.3, -0.25) is 15.2 Å². The third-order valence-corrected chi connectivity index (χ3v) is 2.61. The maximum atomic E-state index is 11.2. The third kappa shape index (κ3) is 2.72. The number of hydrogen-bond acceptors (Lipinski definition) is 5. The number of aromatic amines is 1. The van der Waals surface area contributed by atoms with E-state index in [1.54, 1.807) is 12.4 Å². The van der Waals surface area contributed by atoms with E-state index in [-0.39, 0.29) is 5.02 Å². The van der Waals surface area contributed by atoms with E-state index in [0.29, 0.717) is 5.69 Å². The van der Waals surface area contributed by atoms with Gasteiger partial charge in [0.15, 0.2) is 0 Å². The molecule has 0 spiro atoms. The highest BCUT2D eigenvalue weighted by molar-refractivity contribution is 6.32. The van der Waals surface area contributed by atoms with E-state index < -0.39 is 5.56 Å². The van der Waals surface area contributed by atoms with Crippen LogP contribution in [0.5, 0.6) is 0 Å². The van der Waals surface area contributed by atoms with Crippen LogP contribution in [-0.4, -0.2) is 20.9 Å². The molecule has 0 aliphatic rings. The zero-order valence-corrected chi connectivity index (χ0v) is 10.3. The van der Waals surface area contributed by atoms with Gasteiger partial charge < -0.3 is 0 Å². The molecule has 2 aromatic heterocycles. The first-order valence-corrected chi connectivity index (χ1v) is 5.50. The second kappa shape index (κ2) is 5.42. The molecule has 0 aliphatic heterocycles. The predicted octanol–water partition coefficient (Wildman–Crippen LogP) is 1.65. The number of hydrazone groups is 1. The SMILES string of the molecule is C/C(=N/Nc1cn[nH]c(=O)c1Cl)c1ccncc1. The molecular formula is C11H10ClN5O. The normalized spacial score (nSPS) is 11.3. The first kappa shape index (κ1) is 12.3. The number of nitrogens with one attached hydrogen (secondary N) is 2. The molecule has 0 aliphatic carbocycles. The van der Waals surface area contributed by atoms with E-state index in [4.69, 9.17) is 11.6 Å². The van der Waals surface area contributed by atoms with Gasteiger partial charge in [0.25, 0.3) is 5.56 Å². The summed E-state index contributed by atoms with van der Waals surface area (Å²) in [5, 5.41) is 10.0. The van der Waals surface area contributed by atoms with Crippen LogP contribution in [0.4, 0.5) is 5.69 Å². The summed E-state index contributed by atoms with van der Waals surface area (Å²) in [5.41, 5.74) is 4.27. The Morgan fingerprint density at radius 2 is 2.17 bits per heavy atom. The molecule has 0 saturated heterocycles. The lowest BCUT2D eigenvalue weighted by molar-refractivity contribution is 0.986. The first-order valence-electron chi connectivity index (χ1n) is 5.12. The minimum atomic E-state index is -0.460. The topological polar surface area (TPSA) is 83.0 Å². The Kier molecular flexibility index (Phi) is 3.69. The Morgan fingerprint density at radius 3 is 2.89 bits per heavy atom. The van der Waals surface area contributed by atoms with Crippen molar-refractivity contribution >= 4 is 23.0 Å². The van der Waals surface area contributed by atoms with Gasteiger partial charge in [0, 0.05) is 18.0 Å². The molecule has 0 radical (unpaired) electrons. The van der Waals surface area contributed by atoms with Crippen molar-refractivity contribution in [1.82, 2.24) is 15.2 Å². The molecule has 7 heteroatoms. The quantitative estimate of drug-likeness (QED) is 0.652. The van der Waals surface area contributed by atoms with E-state index in [1.165, 1.54) is 6.20 Å². The second-order valence-electron chi connectivity index (χ2n) is 3.47. The van der Waals surface area contributed by atoms with Crippen molar-refractivity contribution in [2.75, 3.05) is 5.43 Å². The van der Waals surface area contributed by atoms with Gasteiger partial charge in [-0.05, 0) is 19.1 Å². The summed E-state index contributed by atoms with van der Waals surface area (Å²) in [6.07, 6.45) is 4.75. The van der Waals surface area contributed by atoms with E-state index in [2.05, 4.69) is 25.7 Å². The van der Waals surface area contributed by atoms with Gasteiger partial charge >= 0.3 is 0 Å². The van der Waals surface area contributed by atoms with Crippen molar-refractivity contribution in [2.45, 2.75) is 6.92 Å². The minimum Gasteiger partial charge on any atom is -0.275 e. The zero-order valence-electron chi connectivity index (χ0n) is 9.51. The van der Waals surface area contributed by atoms with Crippen LogP contribution in [0, 0.1) is 0 Å². The number of pyridine rings is 1. The summed E-state index contributed by atoms with van der Waals surface area (Å²) in [4.78, 5) is 15.1. The Bertz CT molecular complexity index is 623. The number of hydrogen-bond donors (Lipinski definition) is 2. The van der Waals surface area contributed by atoms with Crippen molar-refractivity contribution in [2.24, 2.45) is 5.10 Å². The number of rotatable bonds is 3. The first-order chi connectivity index (χ1) is 8.68. The van der Waals surface area contributed by atoms with Gasteiger partial charge in [-0.1, -0.05) is 11.6 Å². The van der Waals surface area contributed by atoms with Crippen LogP contribution < -0.4 is 11.0 Å². The molecule has 2 heterocycles. The van der Waals surface area contributed by atoms with Crippen LogP contribution in [0.3, 0.4) is 0 Å². The fraction of sp³-hybridized carbons (Fsp3) is 0.0909. The van der Waals surface area contributed by atoms with E-state index in [9.17, 15) is 4.79 Å². The molecule has 2 aromatic rings. The molecular weight excluding hydrogens is 254 g/mol. The fourth-order valence-corrected chi connectivity index (χ4v) is 1.40. The molecule has 2 rings (SSSR count). The molecule has 0 bridgehead atoms. The number of nitrogens with zero attached hydrogens (tertiary/aromatic N) is 3. The Balaban J connectivity index is 2.21. The predicted molar refractivity (Wildman–Crippen MR) is 69.9 cm³/mol. The molecule has 2 N–H and O–H groups in total. The van der Waals surface area contributed by atoms with Crippen molar-refractivity contribution in [1.29, 1.82) is 0 Å². The van der Waals surface area contributed by atoms with Crippen LogP contribution >= 0.6 is 11.6 Å². The van der Waals surface area contributed by atoms with Crippen molar-refractivity contribution in [3.8, 4) is 0 Å². The second-order valence-corrected chi connectivity index (χ2v) is 3.85. The number of H-pyrrole nitrogens is 1.